The molecule has 110 valence electrons. The Balaban J connectivity index is 3.20. The van der Waals surface area contributed by atoms with Crippen LogP contribution in [0.15, 0.2) is 29.2 Å². The number of nitrogens with one attached hydrogen (secondary N) is 1. The SMILES string of the molecule is CCC(CC#N)NS(=O)(=O)c1ccccc1C(F)(F)F. The van der Waals surface area contributed by atoms with Crippen LogP contribution in [0.1, 0.15) is 25.3 Å². The molecular formula is C12H13F3N2O2S. The Morgan fingerprint density at radius 2 is 1.95 bits per heavy atom. The summed E-state index contributed by atoms with van der Waals surface area (Å²) >= 11 is 0. The number of sulfonamides is 1. The van der Waals surface area contributed by atoms with Crippen molar-refractivity contribution in [2.24, 2.45) is 0 Å². The quantitative estimate of drug-likeness (QED) is 0.909. The first-order valence-corrected chi connectivity index (χ1v) is 7.26. The summed E-state index contributed by atoms with van der Waals surface area (Å²) < 4.78 is 64.6. The van der Waals surface area contributed by atoms with Gasteiger partial charge in [-0.1, -0.05) is 19.1 Å². The van der Waals surface area contributed by atoms with E-state index in [1.54, 1.807) is 13.0 Å². The first-order chi connectivity index (χ1) is 9.22. The number of hydrogen-bond donors (Lipinski definition) is 1. The second-order valence-corrected chi connectivity index (χ2v) is 5.77. The number of benzene rings is 1. The molecule has 1 N–H and O–H groups in total. The molecule has 1 unspecified atom stereocenters. The fraction of sp³-hybridized carbons (Fsp3) is 0.417. The lowest BCUT2D eigenvalue weighted by atomic mass is 10.2. The lowest BCUT2D eigenvalue weighted by molar-refractivity contribution is -0.139. The van der Waals surface area contributed by atoms with E-state index >= 15 is 0 Å². The van der Waals surface area contributed by atoms with Gasteiger partial charge in [0, 0.05) is 6.04 Å². The molecule has 1 aromatic carbocycles. The van der Waals surface area contributed by atoms with Gasteiger partial charge in [0.1, 0.15) is 0 Å². The van der Waals surface area contributed by atoms with Gasteiger partial charge in [0.05, 0.1) is 22.9 Å². The predicted octanol–water partition coefficient (Wildman–Crippen LogP) is 2.68. The summed E-state index contributed by atoms with van der Waals surface area (Å²) in [6.45, 7) is 1.64. The monoisotopic (exact) mass is 306 g/mol. The Hall–Kier alpha value is -1.59. The number of rotatable bonds is 5. The summed E-state index contributed by atoms with van der Waals surface area (Å²) in [5.74, 6) is 0. The van der Waals surface area contributed by atoms with Crippen molar-refractivity contribution >= 4 is 10.0 Å². The summed E-state index contributed by atoms with van der Waals surface area (Å²) in [6, 6.07) is 5.01. The van der Waals surface area contributed by atoms with Gasteiger partial charge < -0.3 is 0 Å². The average Bonchev–Trinajstić information content (AvgIpc) is 2.37. The van der Waals surface area contributed by atoms with Gasteiger partial charge in [-0.25, -0.2) is 13.1 Å². The molecule has 1 aromatic rings. The molecule has 0 aliphatic heterocycles. The second kappa shape index (κ2) is 6.24. The highest BCUT2D eigenvalue weighted by molar-refractivity contribution is 7.89. The van der Waals surface area contributed by atoms with Crippen molar-refractivity contribution in [3.8, 4) is 6.07 Å². The van der Waals surface area contributed by atoms with E-state index in [-0.39, 0.29) is 6.42 Å². The van der Waals surface area contributed by atoms with Gasteiger partial charge in [0.2, 0.25) is 10.0 Å². The van der Waals surface area contributed by atoms with Crippen molar-refractivity contribution in [1.82, 2.24) is 4.72 Å². The largest absolute Gasteiger partial charge is 0.417 e. The highest BCUT2D eigenvalue weighted by atomic mass is 32.2. The molecule has 0 aliphatic carbocycles. The molecule has 0 radical (unpaired) electrons. The normalized spacial score (nSPS) is 13.8. The zero-order chi connectivity index (χ0) is 15.4. The van der Waals surface area contributed by atoms with Gasteiger partial charge in [-0.05, 0) is 18.6 Å². The number of nitriles is 1. The van der Waals surface area contributed by atoms with E-state index in [1.165, 1.54) is 6.07 Å². The minimum atomic E-state index is -4.76. The van der Waals surface area contributed by atoms with Crippen LogP contribution < -0.4 is 4.72 Å². The smallest absolute Gasteiger partial charge is 0.207 e. The van der Waals surface area contributed by atoms with E-state index < -0.39 is 32.7 Å². The van der Waals surface area contributed by atoms with Crippen molar-refractivity contribution in [1.29, 1.82) is 5.26 Å². The third-order valence-corrected chi connectivity index (χ3v) is 4.21. The maximum Gasteiger partial charge on any atom is 0.417 e. The molecule has 0 aliphatic rings. The molecule has 0 bridgehead atoms. The fourth-order valence-electron chi connectivity index (χ4n) is 1.60. The number of halogens is 3. The van der Waals surface area contributed by atoms with Gasteiger partial charge in [-0.2, -0.15) is 18.4 Å². The van der Waals surface area contributed by atoms with Crippen LogP contribution in [0, 0.1) is 11.3 Å². The zero-order valence-electron chi connectivity index (χ0n) is 10.6. The third-order valence-electron chi connectivity index (χ3n) is 2.63. The molecule has 0 heterocycles. The second-order valence-electron chi connectivity index (χ2n) is 4.08. The zero-order valence-corrected chi connectivity index (χ0v) is 11.4. The molecule has 0 saturated heterocycles. The predicted molar refractivity (Wildman–Crippen MR) is 66.1 cm³/mol. The Labute approximate surface area is 115 Å². The van der Waals surface area contributed by atoms with Crippen LogP contribution in [0.3, 0.4) is 0 Å². The van der Waals surface area contributed by atoms with Crippen LogP contribution in [0.25, 0.3) is 0 Å². The molecular weight excluding hydrogens is 293 g/mol. The van der Waals surface area contributed by atoms with Crippen LogP contribution in [0.2, 0.25) is 0 Å². The van der Waals surface area contributed by atoms with Crippen LogP contribution >= 0.6 is 0 Å². The highest BCUT2D eigenvalue weighted by Crippen LogP contribution is 2.33. The standard InChI is InChI=1S/C12H13F3N2O2S/c1-2-9(7-8-16)17-20(18,19)11-6-4-3-5-10(11)12(13,14)15/h3-6,9,17H,2,7H2,1H3. The van der Waals surface area contributed by atoms with Gasteiger partial charge in [0.25, 0.3) is 0 Å². The molecule has 4 nitrogen and oxygen atoms in total. The fourth-order valence-corrected chi connectivity index (χ4v) is 3.14. The Bertz CT molecular complexity index is 606. The summed E-state index contributed by atoms with van der Waals surface area (Å²) in [6.07, 6.45) is -4.56. The van der Waals surface area contributed by atoms with Crippen molar-refractivity contribution < 1.29 is 21.6 Å². The first-order valence-electron chi connectivity index (χ1n) is 5.78. The van der Waals surface area contributed by atoms with E-state index in [0.717, 1.165) is 12.1 Å². The first kappa shape index (κ1) is 16.5. The molecule has 0 aromatic heterocycles. The van der Waals surface area contributed by atoms with E-state index in [4.69, 9.17) is 5.26 Å². The molecule has 8 heteroatoms. The lowest BCUT2D eigenvalue weighted by Gasteiger charge is -2.17. The van der Waals surface area contributed by atoms with Crippen LogP contribution in [0.4, 0.5) is 13.2 Å². The molecule has 0 fully saturated rings. The van der Waals surface area contributed by atoms with E-state index in [1.807, 2.05) is 0 Å². The van der Waals surface area contributed by atoms with E-state index in [0.29, 0.717) is 12.5 Å². The third kappa shape index (κ3) is 3.95. The van der Waals surface area contributed by atoms with Gasteiger partial charge in [-0.15, -0.1) is 0 Å². The maximum absolute atomic E-state index is 12.8. The summed E-state index contributed by atoms with van der Waals surface area (Å²) in [4.78, 5) is -0.830. The highest BCUT2D eigenvalue weighted by Gasteiger charge is 2.37. The molecule has 0 amide bonds. The van der Waals surface area contributed by atoms with Crippen molar-refractivity contribution in [2.45, 2.75) is 36.9 Å². The van der Waals surface area contributed by atoms with Crippen LogP contribution in [-0.2, 0) is 16.2 Å². The topological polar surface area (TPSA) is 70.0 Å². The minimum absolute atomic E-state index is 0.107. The summed E-state index contributed by atoms with van der Waals surface area (Å²) in [5.41, 5.74) is -1.22. The van der Waals surface area contributed by atoms with Crippen molar-refractivity contribution in [3.63, 3.8) is 0 Å². The Morgan fingerprint density at radius 1 is 1.35 bits per heavy atom. The molecule has 1 atom stereocenters. The molecule has 0 spiro atoms. The Kier molecular flexibility index (Phi) is 5.14. The maximum atomic E-state index is 12.8. The lowest BCUT2D eigenvalue weighted by Crippen LogP contribution is -2.35. The summed E-state index contributed by atoms with van der Waals surface area (Å²) in [7, 11) is -4.33. The van der Waals surface area contributed by atoms with Crippen molar-refractivity contribution in [3.05, 3.63) is 29.8 Å². The minimum Gasteiger partial charge on any atom is -0.207 e. The average molecular weight is 306 g/mol. The van der Waals surface area contributed by atoms with Gasteiger partial charge in [0.15, 0.2) is 0 Å². The number of hydrogen-bond acceptors (Lipinski definition) is 3. The van der Waals surface area contributed by atoms with Crippen molar-refractivity contribution in [2.75, 3.05) is 0 Å². The number of nitrogens with zero attached hydrogens (tertiary/aromatic N) is 1. The number of alkyl halides is 3. The molecule has 20 heavy (non-hydrogen) atoms. The molecule has 1 rings (SSSR count). The van der Waals surface area contributed by atoms with Crippen LogP contribution in [-0.4, -0.2) is 14.5 Å². The molecule has 0 saturated carbocycles. The Morgan fingerprint density at radius 3 is 2.45 bits per heavy atom. The van der Waals surface area contributed by atoms with Gasteiger partial charge in [-0.3, -0.25) is 0 Å². The van der Waals surface area contributed by atoms with Gasteiger partial charge >= 0.3 is 6.18 Å². The van der Waals surface area contributed by atoms with E-state index in [9.17, 15) is 21.6 Å². The van der Waals surface area contributed by atoms with Crippen LogP contribution in [0.5, 0.6) is 0 Å². The summed E-state index contributed by atoms with van der Waals surface area (Å²) in [5, 5.41) is 8.55. The van der Waals surface area contributed by atoms with E-state index in [2.05, 4.69) is 4.72 Å².